The quantitative estimate of drug-likeness (QED) is 0.446. The number of nitrogens with one attached hydrogen (secondary N) is 1. The third kappa shape index (κ3) is 5.14. The molecule has 8 nitrogen and oxygen atoms in total. The Kier molecular flexibility index (Phi) is 7.94. The molecule has 2 fully saturated rings. The molecule has 0 saturated carbocycles. The first-order valence-corrected chi connectivity index (χ1v) is 13.7. The molecule has 0 bridgehead atoms. The normalized spacial score (nSPS) is 22.5. The Labute approximate surface area is 230 Å². The Morgan fingerprint density at radius 1 is 1.29 bits per heavy atom. The fraction of sp³-hybridized carbons (Fsp3) is 0.519. The number of likely N-dealkylation sites (tertiary alicyclic amines) is 1. The molecule has 11 heteroatoms. The Bertz CT molecular complexity index is 1420. The van der Waals surface area contributed by atoms with Gasteiger partial charge in [-0.3, -0.25) is 9.69 Å². The summed E-state index contributed by atoms with van der Waals surface area (Å²) in [6, 6.07) is 3.24. The Morgan fingerprint density at radius 2 is 2.08 bits per heavy atom. The van der Waals surface area contributed by atoms with Gasteiger partial charge in [0.2, 0.25) is 5.95 Å². The summed E-state index contributed by atoms with van der Waals surface area (Å²) in [5.41, 5.74) is 2.96. The van der Waals surface area contributed by atoms with Gasteiger partial charge in [0.1, 0.15) is 6.17 Å². The van der Waals surface area contributed by atoms with E-state index in [9.17, 15) is 14.3 Å². The van der Waals surface area contributed by atoms with Crippen LogP contribution in [0, 0.1) is 6.92 Å². The van der Waals surface area contributed by atoms with Crippen LogP contribution in [-0.2, 0) is 11.3 Å². The lowest BCUT2D eigenvalue weighted by molar-refractivity contribution is -0.0136. The van der Waals surface area contributed by atoms with Crippen LogP contribution < -0.4 is 10.7 Å². The predicted molar refractivity (Wildman–Crippen MR) is 148 cm³/mol. The lowest BCUT2D eigenvalue weighted by atomic mass is 10.0. The van der Waals surface area contributed by atoms with Gasteiger partial charge < -0.3 is 19.7 Å². The summed E-state index contributed by atoms with van der Waals surface area (Å²) in [6.45, 7) is 8.14. The summed E-state index contributed by atoms with van der Waals surface area (Å²) >= 11 is 13.6. The van der Waals surface area contributed by atoms with E-state index < -0.39 is 12.3 Å². The summed E-state index contributed by atoms with van der Waals surface area (Å²) in [6.07, 6.45) is 1.07. The second-order valence-corrected chi connectivity index (χ2v) is 11.2. The van der Waals surface area contributed by atoms with E-state index in [-0.39, 0.29) is 24.1 Å². The standard InChI is InChI=1S/C27H32Cl2FN5O3/c1-14(2)35-21(12-34-8-6-16(30)11-34)15(3)26(37)18-5-4-17(23(29)25(18)35)24-19(28)10-31-27(33-24)32-20-7-9-38-13-22(20)36/h4-5,10,14,16,20,22,36H,6-9,11-13H2,1-3H3,(H,31,32,33)/t16-,20+,22+/m0/s1. The van der Waals surface area contributed by atoms with Crippen molar-refractivity contribution < 1.29 is 14.2 Å². The van der Waals surface area contributed by atoms with Crippen LogP contribution in [0.15, 0.2) is 23.1 Å². The van der Waals surface area contributed by atoms with Gasteiger partial charge in [0.25, 0.3) is 0 Å². The number of anilines is 1. The van der Waals surface area contributed by atoms with Crippen molar-refractivity contribution in [2.75, 3.05) is 31.6 Å². The van der Waals surface area contributed by atoms with E-state index in [1.54, 1.807) is 12.1 Å². The monoisotopic (exact) mass is 563 g/mol. The molecule has 2 aromatic heterocycles. The number of alkyl halides is 1. The minimum Gasteiger partial charge on any atom is -0.389 e. The van der Waals surface area contributed by atoms with Gasteiger partial charge in [-0.05, 0) is 39.7 Å². The van der Waals surface area contributed by atoms with Crippen LogP contribution in [0.25, 0.3) is 22.2 Å². The number of ether oxygens (including phenoxy) is 1. The molecule has 0 spiro atoms. The molecule has 0 amide bonds. The number of nitrogens with zero attached hydrogens (tertiary/aromatic N) is 4. The van der Waals surface area contributed by atoms with E-state index in [4.69, 9.17) is 27.9 Å². The lowest BCUT2D eigenvalue weighted by Crippen LogP contribution is -2.42. The number of hydrogen-bond donors (Lipinski definition) is 2. The van der Waals surface area contributed by atoms with Crippen molar-refractivity contribution >= 4 is 40.1 Å². The maximum absolute atomic E-state index is 13.9. The van der Waals surface area contributed by atoms with Crippen LogP contribution in [0.4, 0.5) is 10.3 Å². The molecule has 38 heavy (non-hydrogen) atoms. The molecule has 0 radical (unpaired) electrons. The Hall–Kier alpha value is -2.30. The minimum absolute atomic E-state index is 0.0172. The number of benzene rings is 1. The second-order valence-electron chi connectivity index (χ2n) is 10.4. The lowest BCUT2D eigenvalue weighted by Gasteiger charge is -2.28. The van der Waals surface area contributed by atoms with E-state index >= 15 is 0 Å². The zero-order chi connectivity index (χ0) is 27.1. The highest BCUT2D eigenvalue weighted by Gasteiger charge is 2.27. The molecule has 4 heterocycles. The van der Waals surface area contributed by atoms with Crippen molar-refractivity contribution in [3.05, 3.63) is 49.9 Å². The molecule has 5 rings (SSSR count). The fourth-order valence-electron chi connectivity index (χ4n) is 5.40. The molecule has 1 aromatic carbocycles. The van der Waals surface area contributed by atoms with E-state index in [0.717, 1.165) is 5.69 Å². The average molecular weight is 564 g/mol. The first-order valence-electron chi connectivity index (χ1n) is 12.9. The zero-order valence-electron chi connectivity index (χ0n) is 21.7. The van der Waals surface area contributed by atoms with Crippen LogP contribution in [0.2, 0.25) is 10.0 Å². The van der Waals surface area contributed by atoms with Gasteiger partial charge in [0.15, 0.2) is 5.43 Å². The summed E-state index contributed by atoms with van der Waals surface area (Å²) in [7, 11) is 0. The maximum atomic E-state index is 13.9. The summed E-state index contributed by atoms with van der Waals surface area (Å²) in [5.74, 6) is 0.312. The summed E-state index contributed by atoms with van der Waals surface area (Å²) in [4.78, 5) is 24.4. The number of aliphatic hydroxyl groups excluding tert-OH is 1. The first kappa shape index (κ1) is 27.3. The molecular weight excluding hydrogens is 532 g/mol. The smallest absolute Gasteiger partial charge is 0.223 e. The van der Waals surface area contributed by atoms with E-state index in [1.807, 2.05) is 25.7 Å². The van der Waals surface area contributed by atoms with Gasteiger partial charge in [-0.25, -0.2) is 14.4 Å². The summed E-state index contributed by atoms with van der Waals surface area (Å²) < 4.78 is 21.3. The number of aliphatic hydroxyl groups is 1. The first-order chi connectivity index (χ1) is 18.2. The molecule has 2 aliphatic heterocycles. The number of rotatable bonds is 6. The van der Waals surface area contributed by atoms with E-state index in [2.05, 4.69) is 19.9 Å². The van der Waals surface area contributed by atoms with Gasteiger partial charge in [-0.15, -0.1) is 0 Å². The number of hydrogen-bond acceptors (Lipinski definition) is 7. The molecule has 3 aromatic rings. The third-order valence-electron chi connectivity index (χ3n) is 7.41. The van der Waals surface area contributed by atoms with Gasteiger partial charge in [-0.2, -0.15) is 0 Å². The Balaban J connectivity index is 1.63. The van der Waals surface area contributed by atoms with Crippen LogP contribution in [0.1, 0.15) is 44.0 Å². The average Bonchev–Trinajstić information content (AvgIpc) is 3.30. The molecule has 0 unspecified atom stereocenters. The highest BCUT2D eigenvalue weighted by Crippen LogP contribution is 2.38. The SMILES string of the molecule is Cc1c(CN2CC[C@H](F)C2)n(C(C)C)c2c(Cl)c(-c3nc(N[C@@H]4CCOC[C@H]4O)ncc3Cl)ccc2c1=O. The van der Waals surface area contributed by atoms with Crippen LogP contribution in [-0.4, -0.2) is 69.2 Å². The van der Waals surface area contributed by atoms with Crippen molar-refractivity contribution in [3.63, 3.8) is 0 Å². The molecular formula is C27H32Cl2FN5O3. The third-order valence-corrected chi connectivity index (χ3v) is 8.07. The molecule has 3 atom stereocenters. The fourth-order valence-corrected chi connectivity index (χ4v) is 5.94. The van der Waals surface area contributed by atoms with Gasteiger partial charge in [0, 0.05) is 54.5 Å². The van der Waals surface area contributed by atoms with Crippen molar-refractivity contribution in [1.82, 2.24) is 19.4 Å². The number of pyridine rings is 1. The van der Waals surface area contributed by atoms with Crippen LogP contribution in [0.5, 0.6) is 0 Å². The highest BCUT2D eigenvalue weighted by molar-refractivity contribution is 6.39. The molecule has 2 saturated heterocycles. The Morgan fingerprint density at radius 3 is 2.76 bits per heavy atom. The van der Waals surface area contributed by atoms with E-state index in [0.29, 0.717) is 82.8 Å². The second kappa shape index (κ2) is 11.1. The highest BCUT2D eigenvalue weighted by atomic mass is 35.5. The van der Waals surface area contributed by atoms with Gasteiger partial charge in [0.05, 0.1) is 46.2 Å². The largest absolute Gasteiger partial charge is 0.389 e. The maximum Gasteiger partial charge on any atom is 0.223 e. The van der Waals surface area contributed by atoms with Crippen LogP contribution in [0.3, 0.4) is 0 Å². The zero-order valence-corrected chi connectivity index (χ0v) is 23.2. The van der Waals surface area contributed by atoms with Crippen molar-refractivity contribution in [2.45, 2.75) is 64.5 Å². The van der Waals surface area contributed by atoms with Crippen LogP contribution >= 0.6 is 23.2 Å². The van der Waals surface area contributed by atoms with E-state index in [1.165, 1.54) is 6.20 Å². The van der Waals surface area contributed by atoms with Gasteiger partial charge in [-0.1, -0.05) is 29.3 Å². The molecule has 2 N–H and O–H groups in total. The predicted octanol–water partition coefficient (Wildman–Crippen LogP) is 4.76. The van der Waals surface area contributed by atoms with Crippen molar-refractivity contribution in [3.8, 4) is 11.3 Å². The van der Waals surface area contributed by atoms with Gasteiger partial charge >= 0.3 is 0 Å². The summed E-state index contributed by atoms with van der Waals surface area (Å²) in [5, 5.41) is 14.6. The molecule has 0 aliphatic carbocycles. The number of halogens is 3. The number of aromatic nitrogens is 3. The molecule has 204 valence electrons. The van der Waals surface area contributed by atoms with Crippen molar-refractivity contribution in [2.24, 2.45) is 0 Å². The minimum atomic E-state index is -0.852. The van der Waals surface area contributed by atoms with Crippen molar-refractivity contribution in [1.29, 1.82) is 0 Å². The molecule has 2 aliphatic rings. The number of fused-ring (bicyclic) bond motifs is 1. The topological polar surface area (TPSA) is 92.5 Å².